The van der Waals surface area contributed by atoms with Crippen LogP contribution in [0.2, 0.25) is 0 Å². The van der Waals surface area contributed by atoms with Crippen LogP contribution in [0.4, 0.5) is 10.1 Å². The first-order chi connectivity index (χ1) is 14.5. The normalized spacial score (nSPS) is 16.8. The number of anilines is 1. The number of rotatable bonds is 5. The maximum Gasteiger partial charge on any atom is 0.306 e. The highest BCUT2D eigenvalue weighted by Crippen LogP contribution is 2.35. The average Bonchev–Trinajstić information content (AvgIpc) is 3.14. The number of fused-ring (bicyclic) bond motifs is 2. The zero-order valence-corrected chi connectivity index (χ0v) is 16.8. The molecule has 2 aromatic rings. The van der Waals surface area contributed by atoms with Gasteiger partial charge in [0, 0.05) is 41.0 Å². The molecule has 0 spiro atoms. The molecule has 6 nitrogen and oxygen atoms in total. The molecule has 2 aliphatic rings. The molecule has 2 heterocycles. The Hall–Kier alpha value is -3.22. The van der Waals surface area contributed by atoms with Gasteiger partial charge in [-0.3, -0.25) is 14.4 Å². The summed E-state index contributed by atoms with van der Waals surface area (Å²) in [6, 6.07) is 4.14. The molecule has 0 saturated carbocycles. The van der Waals surface area contributed by atoms with Crippen molar-refractivity contribution in [3.63, 3.8) is 0 Å². The number of aryl methyl sites for hydroxylation is 1. The molecule has 1 aliphatic carbocycles. The van der Waals surface area contributed by atoms with Crippen molar-refractivity contribution in [2.75, 3.05) is 11.9 Å². The number of carbonyl (C=O) groups excluding carboxylic acids is 3. The van der Waals surface area contributed by atoms with Crippen LogP contribution < -0.4 is 5.32 Å². The Morgan fingerprint density at radius 3 is 2.83 bits per heavy atom. The van der Waals surface area contributed by atoms with Gasteiger partial charge in [0.2, 0.25) is 0 Å². The van der Waals surface area contributed by atoms with Crippen LogP contribution in [0, 0.1) is 5.82 Å². The smallest absolute Gasteiger partial charge is 0.306 e. The van der Waals surface area contributed by atoms with Crippen molar-refractivity contribution in [1.29, 1.82) is 0 Å². The van der Waals surface area contributed by atoms with Gasteiger partial charge in [0.05, 0.1) is 12.2 Å². The first-order valence-corrected chi connectivity index (χ1v) is 10.2. The van der Waals surface area contributed by atoms with Gasteiger partial charge in [0.15, 0.2) is 5.78 Å². The molecule has 30 heavy (non-hydrogen) atoms. The number of hydrogen-bond acceptors (Lipinski definition) is 4. The molecular weight excluding hydrogens is 387 g/mol. The quantitative estimate of drug-likeness (QED) is 0.442. The lowest BCUT2D eigenvalue weighted by Crippen LogP contribution is -2.08. The van der Waals surface area contributed by atoms with Crippen LogP contribution in [0.3, 0.4) is 0 Å². The summed E-state index contributed by atoms with van der Waals surface area (Å²) in [5.74, 6) is -1.05. The second-order valence-corrected chi connectivity index (χ2v) is 7.51. The van der Waals surface area contributed by atoms with Gasteiger partial charge in [0.25, 0.3) is 5.91 Å². The molecule has 0 fully saturated rings. The number of ether oxygens (including phenoxy) is 1. The second kappa shape index (κ2) is 8.26. The summed E-state index contributed by atoms with van der Waals surface area (Å²) in [6.07, 6.45) is 5.02. The summed E-state index contributed by atoms with van der Waals surface area (Å²) in [6.45, 7) is 2.04. The number of esters is 1. The number of aromatic amines is 1. The number of benzene rings is 1. The topological polar surface area (TPSA) is 88.3 Å². The predicted octanol–water partition coefficient (Wildman–Crippen LogP) is 4.05. The van der Waals surface area contributed by atoms with E-state index in [0.717, 1.165) is 30.5 Å². The number of halogens is 1. The van der Waals surface area contributed by atoms with E-state index >= 15 is 0 Å². The number of carbonyl (C=O) groups is 3. The number of aromatic nitrogens is 1. The average molecular weight is 410 g/mol. The molecule has 156 valence electrons. The fraction of sp³-hybridized carbons (Fsp3) is 0.348. The summed E-state index contributed by atoms with van der Waals surface area (Å²) in [4.78, 5) is 40.5. The molecule has 1 aromatic carbocycles. The maximum absolute atomic E-state index is 13.8. The summed E-state index contributed by atoms with van der Waals surface area (Å²) in [5, 5.41) is 2.73. The lowest BCUT2D eigenvalue weighted by atomic mass is 9.97. The van der Waals surface area contributed by atoms with E-state index in [0.29, 0.717) is 47.5 Å². The minimum atomic E-state index is -0.434. The lowest BCUT2D eigenvalue weighted by molar-refractivity contribution is -0.143. The molecular formula is C23H23FN2O4. The summed E-state index contributed by atoms with van der Waals surface area (Å²) in [5.41, 5.74) is 4.14. The van der Waals surface area contributed by atoms with Crippen molar-refractivity contribution < 1.29 is 23.5 Å². The van der Waals surface area contributed by atoms with Crippen LogP contribution in [0.1, 0.15) is 65.5 Å². The van der Waals surface area contributed by atoms with Crippen LogP contribution in [-0.4, -0.2) is 29.3 Å². The molecule has 0 saturated heterocycles. The minimum Gasteiger partial charge on any atom is -0.466 e. The number of ketones is 1. The van der Waals surface area contributed by atoms with Crippen LogP contribution in [-0.2, 0) is 27.2 Å². The Balaban J connectivity index is 1.78. The van der Waals surface area contributed by atoms with Gasteiger partial charge in [-0.05, 0) is 62.4 Å². The van der Waals surface area contributed by atoms with Crippen LogP contribution in [0.25, 0.3) is 11.6 Å². The Morgan fingerprint density at radius 2 is 2.03 bits per heavy atom. The van der Waals surface area contributed by atoms with Gasteiger partial charge in [-0.25, -0.2) is 4.39 Å². The molecule has 1 aliphatic heterocycles. The number of nitrogens with one attached hydrogen (secondary N) is 2. The monoisotopic (exact) mass is 410 g/mol. The lowest BCUT2D eigenvalue weighted by Gasteiger charge is -2.06. The molecule has 0 radical (unpaired) electrons. The number of amides is 1. The van der Waals surface area contributed by atoms with Crippen LogP contribution in [0.15, 0.2) is 18.2 Å². The van der Waals surface area contributed by atoms with Gasteiger partial charge >= 0.3 is 5.97 Å². The summed E-state index contributed by atoms with van der Waals surface area (Å²) in [7, 11) is 0. The van der Waals surface area contributed by atoms with Crippen LogP contribution in [0.5, 0.6) is 0 Å². The molecule has 0 unspecified atom stereocenters. The minimum absolute atomic E-state index is 0.0459. The van der Waals surface area contributed by atoms with Crippen molar-refractivity contribution in [1.82, 2.24) is 4.98 Å². The number of H-pyrrole nitrogens is 1. The molecule has 0 bridgehead atoms. The van der Waals surface area contributed by atoms with E-state index in [1.54, 1.807) is 13.0 Å². The molecule has 7 heteroatoms. The van der Waals surface area contributed by atoms with E-state index < -0.39 is 5.82 Å². The third-order valence-electron chi connectivity index (χ3n) is 5.51. The summed E-state index contributed by atoms with van der Waals surface area (Å²) < 4.78 is 18.8. The largest absolute Gasteiger partial charge is 0.466 e. The van der Waals surface area contributed by atoms with Gasteiger partial charge in [-0.15, -0.1) is 0 Å². The van der Waals surface area contributed by atoms with Crippen LogP contribution >= 0.6 is 0 Å². The van der Waals surface area contributed by atoms with E-state index in [2.05, 4.69) is 10.3 Å². The van der Waals surface area contributed by atoms with Crippen molar-refractivity contribution in [2.24, 2.45) is 0 Å². The molecule has 1 aromatic heterocycles. The highest BCUT2D eigenvalue weighted by molar-refractivity contribution is 6.35. The predicted molar refractivity (Wildman–Crippen MR) is 111 cm³/mol. The van der Waals surface area contributed by atoms with Crippen molar-refractivity contribution in [3.05, 3.63) is 52.1 Å². The SMILES string of the molecule is CCOC(=O)CCc1c(/C=C2\C(=O)Nc3ccc(F)cc32)[nH]c2c1C(=O)CCCC2. The fourth-order valence-corrected chi connectivity index (χ4v) is 4.14. The Morgan fingerprint density at radius 1 is 1.23 bits per heavy atom. The zero-order valence-electron chi connectivity index (χ0n) is 16.8. The molecule has 1 amide bonds. The number of Topliss-reactive ketones (excluding diaryl/α,β-unsaturated/α-hetero) is 1. The van der Waals surface area contributed by atoms with Gasteiger partial charge in [0.1, 0.15) is 5.82 Å². The van der Waals surface area contributed by atoms with E-state index in [1.165, 1.54) is 18.2 Å². The third kappa shape index (κ3) is 3.79. The van der Waals surface area contributed by atoms with E-state index in [1.807, 2.05) is 0 Å². The van der Waals surface area contributed by atoms with Crippen molar-refractivity contribution in [2.45, 2.75) is 45.4 Å². The Bertz CT molecular complexity index is 1070. The van der Waals surface area contributed by atoms with E-state index in [9.17, 15) is 18.8 Å². The zero-order chi connectivity index (χ0) is 21.3. The number of hydrogen-bond donors (Lipinski definition) is 2. The standard InChI is InChI=1S/C23H23FN2O4/c1-2-30-21(28)10-8-14-19(25-18-5-3-4-6-20(27)22(14)18)12-16-15-11-13(24)7-9-17(15)26-23(16)29/h7,9,11-12,25H,2-6,8,10H2,1H3,(H,26,29)/b16-12-. The van der Waals surface area contributed by atoms with Crippen molar-refractivity contribution in [3.8, 4) is 0 Å². The Kier molecular flexibility index (Phi) is 5.53. The second-order valence-electron chi connectivity index (χ2n) is 7.51. The van der Waals surface area contributed by atoms with E-state index in [4.69, 9.17) is 4.74 Å². The molecule has 2 N–H and O–H groups in total. The fourth-order valence-electron chi connectivity index (χ4n) is 4.14. The first-order valence-electron chi connectivity index (χ1n) is 10.2. The van der Waals surface area contributed by atoms with Gasteiger partial charge in [-0.2, -0.15) is 0 Å². The highest BCUT2D eigenvalue weighted by Gasteiger charge is 2.28. The highest BCUT2D eigenvalue weighted by atomic mass is 19.1. The first kappa shape index (κ1) is 20.1. The maximum atomic E-state index is 13.8. The molecule has 0 atom stereocenters. The summed E-state index contributed by atoms with van der Waals surface area (Å²) >= 11 is 0. The van der Waals surface area contributed by atoms with Gasteiger partial charge < -0.3 is 15.0 Å². The van der Waals surface area contributed by atoms with Crippen molar-refractivity contribution >= 4 is 35.0 Å². The molecule has 4 rings (SSSR count). The Labute approximate surface area is 173 Å². The third-order valence-corrected chi connectivity index (χ3v) is 5.51. The van der Waals surface area contributed by atoms with E-state index in [-0.39, 0.29) is 24.1 Å². The van der Waals surface area contributed by atoms with Gasteiger partial charge in [-0.1, -0.05) is 0 Å².